The molecule has 2 N–H and O–H groups in total. The molecule has 0 aliphatic carbocycles. The first-order valence-electron chi connectivity index (χ1n) is 7.27. The molecular weight excluding hydrogens is 242 g/mol. The minimum Gasteiger partial charge on any atom is -0.352 e. The van der Waals surface area contributed by atoms with Gasteiger partial charge in [0.15, 0.2) is 0 Å². The molecule has 0 saturated heterocycles. The molecule has 0 bridgehead atoms. The van der Waals surface area contributed by atoms with Crippen molar-refractivity contribution < 1.29 is 9.59 Å². The van der Waals surface area contributed by atoms with Crippen molar-refractivity contribution in [3.63, 3.8) is 0 Å². The molecule has 0 aliphatic rings. The fourth-order valence-electron chi connectivity index (χ4n) is 1.89. The molecule has 0 heterocycles. The molecule has 0 aromatic carbocycles. The van der Waals surface area contributed by atoms with Crippen LogP contribution in [0.25, 0.3) is 0 Å². The molecule has 0 aromatic rings. The van der Waals surface area contributed by atoms with Gasteiger partial charge in [0.2, 0.25) is 11.8 Å². The third kappa shape index (κ3) is 7.15. The zero-order valence-electron chi connectivity index (χ0n) is 13.0. The van der Waals surface area contributed by atoms with E-state index in [9.17, 15) is 9.59 Å². The summed E-state index contributed by atoms with van der Waals surface area (Å²) in [5.74, 6) is -0.0143. The Bertz CT molecular complexity index is 278. The van der Waals surface area contributed by atoms with E-state index in [0.717, 1.165) is 12.8 Å². The zero-order valence-corrected chi connectivity index (χ0v) is 13.0. The largest absolute Gasteiger partial charge is 0.352 e. The van der Waals surface area contributed by atoms with Gasteiger partial charge < -0.3 is 10.2 Å². The van der Waals surface area contributed by atoms with Gasteiger partial charge in [-0.3, -0.25) is 14.9 Å². The molecule has 5 heteroatoms. The monoisotopic (exact) mass is 271 g/mol. The smallest absolute Gasteiger partial charge is 0.237 e. The molecular formula is C14H29N3O2. The van der Waals surface area contributed by atoms with E-state index in [2.05, 4.69) is 17.6 Å². The average molecular weight is 271 g/mol. The molecule has 19 heavy (non-hydrogen) atoms. The summed E-state index contributed by atoms with van der Waals surface area (Å²) in [7, 11) is 0. The lowest BCUT2D eigenvalue weighted by atomic mass is 10.2. The average Bonchev–Trinajstić information content (AvgIpc) is 2.37. The van der Waals surface area contributed by atoms with Crippen molar-refractivity contribution in [1.82, 2.24) is 15.5 Å². The third-order valence-electron chi connectivity index (χ3n) is 3.18. The van der Waals surface area contributed by atoms with Crippen molar-refractivity contribution in [3.05, 3.63) is 0 Å². The van der Waals surface area contributed by atoms with Gasteiger partial charge in [0, 0.05) is 19.1 Å². The van der Waals surface area contributed by atoms with Crippen LogP contribution in [0.5, 0.6) is 0 Å². The Morgan fingerprint density at radius 1 is 1.11 bits per heavy atom. The minimum atomic E-state index is -0.348. The van der Waals surface area contributed by atoms with Crippen LogP contribution in [0.4, 0.5) is 0 Å². The number of nitrogens with zero attached hydrogens (tertiary/aromatic N) is 1. The Hall–Kier alpha value is -1.10. The molecule has 2 unspecified atom stereocenters. The van der Waals surface area contributed by atoms with E-state index in [1.165, 1.54) is 0 Å². The Morgan fingerprint density at radius 2 is 1.68 bits per heavy atom. The lowest BCUT2D eigenvalue weighted by Crippen LogP contribution is -2.48. The lowest BCUT2D eigenvalue weighted by molar-refractivity contribution is -0.130. The number of amides is 2. The van der Waals surface area contributed by atoms with Crippen LogP contribution in [-0.2, 0) is 9.59 Å². The summed E-state index contributed by atoms with van der Waals surface area (Å²) in [6.45, 7) is 11.4. The van der Waals surface area contributed by atoms with Crippen LogP contribution in [0.15, 0.2) is 0 Å². The van der Waals surface area contributed by atoms with E-state index in [4.69, 9.17) is 0 Å². The van der Waals surface area contributed by atoms with Crippen molar-refractivity contribution in [2.45, 2.75) is 59.5 Å². The highest BCUT2D eigenvalue weighted by Gasteiger charge is 2.16. The number of hydrogen-bond donors (Lipinski definition) is 2. The van der Waals surface area contributed by atoms with Crippen molar-refractivity contribution in [2.75, 3.05) is 19.6 Å². The Labute approximate surface area is 117 Å². The summed E-state index contributed by atoms with van der Waals surface area (Å²) in [5, 5.41) is 5.91. The van der Waals surface area contributed by atoms with Gasteiger partial charge in [-0.2, -0.15) is 0 Å². The van der Waals surface area contributed by atoms with Gasteiger partial charge in [0.25, 0.3) is 0 Å². The molecule has 2 atom stereocenters. The molecule has 2 amide bonds. The van der Waals surface area contributed by atoms with E-state index in [0.29, 0.717) is 13.1 Å². The number of carbonyl (C=O) groups is 2. The van der Waals surface area contributed by atoms with Crippen LogP contribution < -0.4 is 10.6 Å². The summed E-state index contributed by atoms with van der Waals surface area (Å²) < 4.78 is 0. The van der Waals surface area contributed by atoms with E-state index < -0.39 is 0 Å². The molecule has 0 spiro atoms. The van der Waals surface area contributed by atoms with E-state index in [-0.39, 0.29) is 30.4 Å². The van der Waals surface area contributed by atoms with Crippen molar-refractivity contribution in [1.29, 1.82) is 0 Å². The Kier molecular flexibility index (Phi) is 9.21. The quantitative estimate of drug-likeness (QED) is 0.661. The molecule has 5 nitrogen and oxygen atoms in total. The van der Waals surface area contributed by atoms with Gasteiger partial charge in [-0.15, -0.1) is 0 Å². The van der Waals surface area contributed by atoms with Gasteiger partial charge in [-0.25, -0.2) is 0 Å². The summed E-state index contributed by atoms with van der Waals surface area (Å²) >= 11 is 0. The lowest BCUT2D eigenvalue weighted by Gasteiger charge is -2.21. The van der Waals surface area contributed by atoms with Crippen LogP contribution in [0, 0.1) is 0 Å². The number of hydrogen-bond acceptors (Lipinski definition) is 3. The third-order valence-corrected chi connectivity index (χ3v) is 3.18. The number of nitrogens with one attached hydrogen (secondary N) is 2. The second-order valence-electron chi connectivity index (χ2n) is 4.87. The van der Waals surface area contributed by atoms with Gasteiger partial charge >= 0.3 is 0 Å². The molecule has 0 aliphatic heterocycles. The van der Waals surface area contributed by atoms with Gasteiger partial charge in [-0.1, -0.05) is 13.3 Å². The standard InChI is InChI=1S/C14H29N3O2/c1-6-9-11(4)16-14(19)12(5)15-10-13(18)17(7-2)8-3/h11-12,15H,6-10H2,1-5H3,(H,16,19). The Morgan fingerprint density at radius 3 is 2.16 bits per heavy atom. The van der Waals surface area contributed by atoms with Crippen molar-refractivity contribution in [2.24, 2.45) is 0 Å². The summed E-state index contributed by atoms with van der Waals surface area (Å²) in [6, 6.07) is -0.168. The van der Waals surface area contributed by atoms with Gasteiger partial charge in [0.1, 0.15) is 0 Å². The topological polar surface area (TPSA) is 61.4 Å². The normalized spacial score (nSPS) is 13.7. The first-order valence-corrected chi connectivity index (χ1v) is 7.27. The van der Waals surface area contributed by atoms with E-state index in [1.807, 2.05) is 20.8 Å². The second kappa shape index (κ2) is 9.78. The molecule has 112 valence electrons. The molecule has 0 rings (SSSR count). The fourth-order valence-corrected chi connectivity index (χ4v) is 1.89. The van der Waals surface area contributed by atoms with E-state index in [1.54, 1.807) is 11.8 Å². The zero-order chi connectivity index (χ0) is 14.8. The van der Waals surface area contributed by atoms with Crippen LogP contribution in [-0.4, -0.2) is 48.4 Å². The molecule has 0 radical (unpaired) electrons. The SMILES string of the molecule is CCCC(C)NC(=O)C(C)NCC(=O)N(CC)CC. The molecule has 0 aromatic heterocycles. The highest BCUT2D eigenvalue weighted by molar-refractivity contribution is 5.83. The summed E-state index contributed by atoms with van der Waals surface area (Å²) in [6.07, 6.45) is 2.01. The van der Waals surface area contributed by atoms with Gasteiger partial charge in [0.05, 0.1) is 12.6 Å². The Balaban J connectivity index is 4.06. The summed E-state index contributed by atoms with van der Waals surface area (Å²) in [4.78, 5) is 25.4. The maximum atomic E-state index is 11.9. The van der Waals surface area contributed by atoms with Crippen LogP contribution >= 0.6 is 0 Å². The number of carbonyl (C=O) groups excluding carboxylic acids is 2. The summed E-state index contributed by atoms with van der Waals surface area (Å²) in [5.41, 5.74) is 0. The first-order chi connectivity index (χ1) is 8.96. The number of likely N-dealkylation sites (N-methyl/N-ethyl adjacent to an activating group) is 1. The van der Waals surface area contributed by atoms with Crippen LogP contribution in [0.1, 0.15) is 47.5 Å². The predicted octanol–water partition coefficient (Wildman–Crippen LogP) is 1.14. The van der Waals surface area contributed by atoms with Crippen LogP contribution in [0.2, 0.25) is 0 Å². The van der Waals surface area contributed by atoms with Crippen molar-refractivity contribution in [3.8, 4) is 0 Å². The molecule has 0 fully saturated rings. The minimum absolute atomic E-state index is 0.0336. The predicted molar refractivity (Wildman–Crippen MR) is 77.9 cm³/mol. The number of rotatable bonds is 9. The first kappa shape index (κ1) is 17.9. The maximum Gasteiger partial charge on any atom is 0.237 e. The maximum absolute atomic E-state index is 11.9. The fraction of sp³-hybridized carbons (Fsp3) is 0.857. The highest BCUT2D eigenvalue weighted by atomic mass is 16.2. The van der Waals surface area contributed by atoms with Crippen molar-refractivity contribution >= 4 is 11.8 Å². The second-order valence-corrected chi connectivity index (χ2v) is 4.87. The highest BCUT2D eigenvalue weighted by Crippen LogP contribution is 1.96. The van der Waals surface area contributed by atoms with Gasteiger partial charge in [-0.05, 0) is 34.1 Å². The van der Waals surface area contributed by atoms with E-state index >= 15 is 0 Å². The van der Waals surface area contributed by atoms with Crippen LogP contribution in [0.3, 0.4) is 0 Å². The molecule has 0 saturated carbocycles.